The van der Waals surface area contributed by atoms with Crippen molar-refractivity contribution < 1.29 is 23.0 Å². The first kappa shape index (κ1) is 26.6. The molecule has 10 nitrogen and oxygen atoms in total. The highest BCUT2D eigenvalue weighted by molar-refractivity contribution is 5.82. The zero-order chi connectivity index (χ0) is 28.1. The van der Waals surface area contributed by atoms with E-state index in [1.165, 1.54) is 7.11 Å². The number of amides is 1. The number of hydrogen-bond donors (Lipinski definition) is 0. The van der Waals surface area contributed by atoms with Crippen LogP contribution in [-0.4, -0.2) is 75.6 Å². The zero-order valence-electron chi connectivity index (χ0n) is 22.6. The topological polar surface area (TPSA) is 109 Å². The number of nitriles is 1. The van der Waals surface area contributed by atoms with Gasteiger partial charge in [-0.15, -0.1) is 0 Å². The third kappa shape index (κ3) is 5.17. The Hall–Kier alpha value is -4.01. The summed E-state index contributed by atoms with van der Waals surface area (Å²) in [4.78, 5) is 24.3. The van der Waals surface area contributed by atoms with E-state index in [1.54, 1.807) is 43.8 Å². The maximum absolute atomic E-state index is 15.5. The van der Waals surface area contributed by atoms with Crippen LogP contribution in [0.25, 0.3) is 16.7 Å². The van der Waals surface area contributed by atoms with Gasteiger partial charge in [-0.1, -0.05) is 0 Å². The molecule has 2 aliphatic heterocycles. The lowest BCUT2D eigenvalue weighted by Crippen LogP contribution is -2.51. The van der Waals surface area contributed by atoms with Crippen molar-refractivity contribution in [2.24, 2.45) is 5.92 Å². The van der Waals surface area contributed by atoms with Crippen LogP contribution in [-0.2, 0) is 4.74 Å². The third-order valence-electron chi connectivity index (χ3n) is 7.05. The van der Waals surface area contributed by atoms with Gasteiger partial charge >= 0.3 is 12.1 Å². The fourth-order valence-corrected chi connectivity index (χ4v) is 5.08. The molecule has 0 spiro atoms. The normalized spacial score (nSPS) is 19.5. The number of carbonyl (C=O) groups excluding carboxylic acids is 1. The Balaban J connectivity index is 1.47. The molecule has 2 fully saturated rings. The summed E-state index contributed by atoms with van der Waals surface area (Å²) in [7, 11) is 1.46. The average Bonchev–Trinajstić information content (AvgIpc) is 3.23. The number of aryl methyl sites for hydroxylation is 1. The Labute approximate surface area is 225 Å². The van der Waals surface area contributed by atoms with Gasteiger partial charge < -0.3 is 19.3 Å². The Morgan fingerprint density at radius 3 is 2.54 bits per heavy atom. The lowest BCUT2D eigenvalue weighted by Gasteiger charge is -2.39. The van der Waals surface area contributed by atoms with Crippen LogP contribution < -0.4 is 9.64 Å². The first-order chi connectivity index (χ1) is 18.4. The van der Waals surface area contributed by atoms with E-state index in [-0.39, 0.29) is 24.9 Å². The highest BCUT2D eigenvalue weighted by Crippen LogP contribution is 2.43. The van der Waals surface area contributed by atoms with Gasteiger partial charge in [-0.2, -0.15) is 20.3 Å². The number of piperidine rings is 1. The molecular formula is C27H31F2N7O3. The number of alkyl halides is 2. The number of likely N-dealkylation sites (tertiary alicyclic amines) is 1. The van der Waals surface area contributed by atoms with Crippen molar-refractivity contribution in [1.29, 1.82) is 5.26 Å². The minimum absolute atomic E-state index is 0.0612. The Kier molecular flexibility index (Phi) is 6.56. The molecule has 0 bridgehead atoms. The van der Waals surface area contributed by atoms with Gasteiger partial charge in [0.25, 0.3) is 5.92 Å². The molecule has 12 heteroatoms. The van der Waals surface area contributed by atoms with E-state index in [0.717, 1.165) is 15.8 Å². The molecule has 0 aliphatic carbocycles. The van der Waals surface area contributed by atoms with E-state index >= 15 is 8.78 Å². The third-order valence-corrected chi connectivity index (χ3v) is 7.05. The molecule has 2 aromatic heterocycles. The monoisotopic (exact) mass is 539 g/mol. The Morgan fingerprint density at radius 2 is 1.90 bits per heavy atom. The summed E-state index contributed by atoms with van der Waals surface area (Å²) in [6.45, 7) is 7.49. The van der Waals surface area contributed by atoms with Crippen LogP contribution in [0, 0.1) is 24.2 Å². The Bertz CT molecular complexity index is 1450. The van der Waals surface area contributed by atoms with E-state index in [2.05, 4.69) is 21.1 Å². The minimum Gasteiger partial charge on any atom is -0.467 e. The first-order valence-corrected chi connectivity index (χ1v) is 12.8. The van der Waals surface area contributed by atoms with Gasteiger partial charge in [0.05, 0.1) is 43.3 Å². The number of hydrogen-bond acceptors (Lipinski definition) is 8. The van der Waals surface area contributed by atoms with Crippen LogP contribution >= 0.6 is 0 Å². The molecule has 0 radical (unpaired) electrons. The molecule has 2 aliphatic rings. The molecular weight excluding hydrogens is 508 g/mol. The van der Waals surface area contributed by atoms with Crippen molar-refractivity contribution >= 4 is 22.8 Å². The standard InChI is InChI=1S/C27H31F2N7O3/c1-16-8-18-12-31-36(23-10-22(32-24(33-23)38-5)35-13-17(11-30)14-35)21(18)9-19(16)20-6-7-34(15-27(20,28)29)25(37)39-26(2,3)4/h8-10,12,17,20H,6-7,13-15H2,1-5H3. The van der Waals surface area contributed by atoms with Crippen LogP contribution in [0.15, 0.2) is 24.4 Å². The highest BCUT2D eigenvalue weighted by Gasteiger charge is 2.48. The van der Waals surface area contributed by atoms with E-state index < -0.39 is 30.1 Å². The predicted octanol–water partition coefficient (Wildman–Crippen LogP) is 4.45. The van der Waals surface area contributed by atoms with Crippen molar-refractivity contribution in [3.8, 4) is 17.9 Å². The predicted molar refractivity (Wildman–Crippen MR) is 139 cm³/mol. The van der Waals surface area contributed by atoms with Crippen molar-refractivity contribution in [3.63, 3.8) is 0 Å². The SMILES string of the molecule is COc1nc(N2CC(C#N)C2)cc(-n2ncc3cc(C)c(C4CCN(C(=O)OC(C)(C)C)CC4(F)F)cc32)n1. The number of benzene rings is 1. The number of rotatable bonds is 4. The number of fused-ring (bicyclic) bond motifs is 1. The van der Waals surface area contributed by atoms with Gasteiger partial charge in [0.15, 0.2) is 5.82 Å². The lowest BCUT2D eigenvalue weighted by molar-refractivity contribution is -0.0849. The van der Waals surface area contributed by atoms with E-state index in [1.807, 2.05) is 17.9 Å². The second-order valence-corrected chi connectivity index (χ2v) is 11.1. The molecule has 3 aromatic rings. The van der Waals surface area contributed by atoms with Crippen molar-refractivity contribution in [2.75, 3.05) is 38.2 Å². The fourth-order valence-electron chi connectivity index (χ4n) is 5.08. The van der Waals surface area contributed by atoms with Gasteiger partial charge in [-0.3, -0.25) is 0 Å². The number of methoxy groups -OCH3 is 1. The highest BCUT2D eigenvalue weighted by atomic mass is 19.3. The second-order valence-electron chi connectivity index (χ2n) is 11.1. The fraction of sp³-hybridized carbons (Fsp3) is 0.519. The number of aromatic nitrogens is 4. The zero-order valence-corrected chi connectivity index (χ0v) is 22.6. The molecule has 39 heavy (non-hydrogen) atoms. The van der Waals surface area contributed by atoms with Gasteiger partial charge in [0, 0.05) is 31.1 Å². The number of carbonyl (C=O) groups is 1. The largest absolute Gasteiger partial charge is 0.467 e. The summed E-state index contributed by atoms with van der Waals surface area (Å²) < 4.78 is 43.3. The summed E-state index contributed by atoms with van der Waals surface area (Å²) in [6.07, 6.45) is 1.02. The van der Waals surface area contributed by atoms with Gasteiger partial charge in [-0.25, -0.2) is 18.3 Å². The number of nitrogens with zero attached hydrogens (tertiary/aromatic N) is 7. The number of ether oxygens (including phenoxy) is 2. The maximum Gasteiger partial charge on any atom is 0.410 e. The molecule has 1 amide bonds. The molecule has 1 atom stereocenters. The lowest BCUT2D eigenvalue weighted by atomic mass is 9.83. The summed E-state index contributed by atoms with van der Waals surface area (Å²) in [5.74, 6) is -3.27. The van der Waals surface area contributed by atoms with Gasteiger partial charge in [0.1, 0.15) is 11.4 Å². The summed E-state index contributed by atoms with van der Waals surface area (Å²) in [5.41, 5.74) is 1.08. The van der Waals surface area contributed by atoms with Crippen molar-refractivity contribution in [3.05, 3.63) is 35.5 Å². The summed E-state index contributed by atoms with van der Waals surface area (Å²) in [5, 5.41) is 14.4. The van der Waals surface area contributed by atoms with Crippen LogP contribution in [0.1, 0.15) is 44.2 Å². The van der Waals surface area contributed by atoms with Crippen LogP contribution in [0.5, 0.6) is 6.01 Å². The van der Waals surface area contributed by atoms with Crippen molar-refractivity contribution in [2.45, 2.75) is 51.6 Å². The Morgan fingerprint density at radius 1 is 1.18 bits per heavy atom. The van der Waals surface area contributed by atoms with Crippen LogP contribution in [0.4, 0.5) is 19.4 Å². The molecule has 206 valence electrons. The maximum atomic E-state index is 15.5. The van der Waals surface area contributed by atoms with E-state index in [4.69, 9.17) is 14.7 Å². The summed E-state index contributed by atoms with van der Waals surface area (Å²) in [6, 6.07) is 7.71. The van der Waals surface area contributed by atoms with Crippen LogP contribution in [0.2, 0.25) is 0 Å². The number of halogens is 2. The first-order valence-electron chi connectivity index (χ1n) is 12.8. The van der Waals surface area contributed by atoms with Gasteiger partial charge in [0.2, 0.25) is 0 Å². The van der Waals surface area contributed by atoms with E-state index in [9.17, 15) is 4.79 Å². The number of anilines is 1. The van der Waals surface area contributed by atoms with Crippen molar-refractivity contribution in [1.82, 2.24) is 24.6 Å². The molecule has 5 rings (SSSR count). The average molecular weight is 540 g/mol. The second kappa shape index (κ2) is 9.63. The molecule has 0 N–H and O–H groups in total. The molecule has 0 saturated carbocycles. The summed E-state index contributed by atoms with van der Waals surface area (Å²) >= 11 is 0. The molecule has 1 aromatic carbocycles. The minimum atomic E-state index is -3.15. The van der Waals surface area contributed by atoms with Gasteiger partial charge in [-0.05, 0) is 57.4 Å². The smallest absolute Gasteiger partial charge is 0.410 e. The quantitative estimate of drug-likeness (QED) is 0.478. The molecule has 4 heterocycles. The van der Waals surface area contributed by atoms with Crippen LogP contribution in [0.3, 0.4) is 0 Å². The molecule has 1 unspecified atom stereocenters. The van der Waals surface area contributed by atoms with E-state index in [0.29, 0.717) is 35.8 Å². The molecule has 2 saturated heterocycles.